The fourth-order valence-electron chi connectivity index (χ4n) is 1.85. The second-order valence-corrected chi connectivity index (χ2v) is 5.78. The van der Waals surface area contributed by atoms with Crippen molar-refractivity contribution in [2.75, 3.05) is 7.05 Å². The third-order valence-electron chi connectivity index (χ3n) is 2.91. The predicted molar refractivity (Wildman–Crippen MR) is 83.7 cm³/mol. The molecule has 0 N–H and O–H groups in total. The molecule has 0 saturated carbocycles. The Morgan fingerprint density at radius 3 is 2.48 bits per heavy atom. The summed E-state index contributed by atoms with van der Waals surface area (Å²) in [4.78, 5) is 13.6. The molecule has 0 unspecified atom stereocenters. The molecule has 0 aliphatic carbocycles. The summed E-state index contributed by atoms with van der Waals surface area (Å²) in [7, 11) is 1.57. The highest BCUT2D eigenvalue weighted by molar-refractivity contribution is 6.42. The van der Waals surface area contributed by atoms with Gasteiger partial charge in [0.2, 0.25) is 0 Å². The van der Waals surface area contributed by atoms with Crippen LogP contribution >= 0.6 is 34.8 Å². The number of carbonyl (C=O) groups excluding carboxylic acids is 1. The van der Waals surface area contributed by atoms with Crippen LogP contribution in [0.2, 0.25) is 15.1 Å². The number of nitrogens with zero attached hydrogens (tertiary/aromatic N) is 1. The average Bonchev–Trinajstić information content (AvgIpc) is 2.44. The fraction of sp³-hybridized carbons (Fsp3) is 0.133. The maximum absolute atomic E-state index is 13.7. The van der Waals surface area contributed by atoms with Crippen LogP contribution in [0, 0.1) is 5.82 Å². The SMILES string of the molecule is CN(Cc1ccc(Cl)c(Cl)c1)C(=O)c1cc(Cl)ccc1F. The highest BCUT2D eigenvalue weighted by atomic mass is 35.5. The third kappa shape index (κ3) is 3.88. The molecule has 1 amide bonds. The first-order valence-corrected chi connectivity index (χ1v) is 7.16. The molecule has 0 radical (unpaired) electrons. The van der Waals surface area contributed by atoms with Gasteiger partial charge in [-0.05, 0) is 35.9 Å². The van der Waals surface area contributed by atoms with Crippen molar-refractivity contribution in [1.29, 1.82) is 0 Å². The molecule has 6 heteroatoms. The van der Waals surface area contributed by atoms with Gasteiger partial charge in [0.1, 0.15) is 5.82 Å². The molecule has 21 heavy (non-hydrogen) atoms. The first-order valence-electron chi connectivity index (χ1n) is 6.03. The van der Waals surface area contributed by atoms with E-state index in [1.165, 1.54) is 23.1 Å². The van der Waals surface area contributed by atoms with Crippen molar-refractivity contribution in [1.82, 2.24) is 4.90 Å². The Morgan fingerprint density at radius 2 is 1.81 bits per heavy atom. The normalized spacial score (nSPS) is 10.5. The van der Waals surface area contributed by atoms with Crippen LogP contribution in [0.15, 0.2) is 36.4 Å². The first-order chi connectivity index (χ1) is 9.88. The van der Waals surface area contributed by atoms with Crippen molar-refractivity contribution in [2.45, 2.75) is 6.54 Å². The fourth-order valence-corrected chi connectivity index (χ4v) is 2.34. The van der Waals surface area contributed by atoms with Crippen molar-refractivity contribution >= 4 is 40.7 Å². The van der Waals surface area contributed by atoms with E-state index in [2.05, 4.69) is 0 Å². The van der Waals surface area contributed by atoms with Crippen molar-refractivity contribution < 1.29 is 9.18 Å². The molecule has 0 heterocycles. The molecule has 0 bridgehead atoms. The lowest BCUT2D eigenvalue weighted by Crippen LogP contribution is -2.27. The van der Waals surface area contributed by atoms with E-state index in [1.807, 2.05) is 0 Å². The van der Waals surface area contributed by atoms with Crippen LogP contribution in [-0.4, -0.2) is 17.9 Å². The lowest BCUT2D eigenvalue weighted by Gasteiger charge is -2.18. The smallest absolute Gasteiger partial charge is 0.256 e. The van der Waals surface area contributed by atoms with E-state index in [-0.39, 0.29) is 12.1 Å². The van der Waals surface area contributed by atoms with Crippen LogP contribution in [0.3, 0.4) is 0 Å². The van der Waals surface area contributed by atoms with Gasteiger partial charge in [-0.2, -0.15) is 0 Å². The summed E-state index contributed by atoms with van der Waals surface area (Å²) in [5.74, 6) is -1.06. The standard InChI is InChI=1S/C15H11Cl3FNO/c1-20(8-9-2-4-12(17)13(18)6-9)15(21)11-7-10(16)3-5-14(11)19/h2-7H,8H2,1H3. The van der Waals surface area contributed by atoms with Gasteiger partial charge in [0, 0.05) is 18.6 Å². The van der Waals surface area contributed by atoms with Gasteiger partial charge in [-0.25, -0.2) is 4.39 Å². The molecule has 2 nitrogen and oxygen atoms in total. The molecule has 0 atom stereocenters. The van der Waals surface area contributed by atoms with Crippen LogP contribution in [-0.2, 0) is 6.54 Å². The maximum Gasteiger partial charge on any atom is 0.256 e. The first kappa shape index (κ1) is 16.1. The molecule has 0 fully saturated rings. The summed E-state index contributed by atoms with van der Waals surface area (Å²) >= 11 is 17.6. The third-order valence-corrected chi connectivity index (χ3v) is 3.88. The molecular formula is C15H11Cl3FNO. The minimum atomic E-state index is -0.606. The second kappa shape index (κ2) is 6.65. The zero-order valence-electron chi connectivity index (χ0n) is 11.0. The van der Waals surface area contributed by atoms with Gasteiger partial charge in [-0.3, -0.25) is 4.79 Å². The van der Waals surface area contributed by atoms with E-state index in [0.29, 0.717) is 15.1 Å². The Labute approximate surface area is 137 Å². The Bertz CT molecular complexity index is 691. The molecule has 2 rings (SSSR count). The molecule has 2 aromatic carbocycles. The van der Waals surface area contributed by atoms with E-state index in [1.54, 1.807) is 25.2 Å². The van der Waals surface area contributed by atoms with Gasteiger partial charge in [0.05, 0.1) is 15.6 Å². The van der Waals surface area contributed by atoms with Crippen LogP contribution in [0.1, 0.15) is 15.9 Å². The zero-order chi connectivity index (χ0) is 15.6. The number of hydrogen-bond acceptors (Lipinski definition) is 1. The molecule has 2 aromatic rings. The molecule has 0 aliphatic heterocycles. The highest BCUT2D eigenvalue weighted by Crippen LogP contribution is 2.23. The summed E-state index contributed by atoms with van der Waals surface area (Å²) in [6.07, 6.45) is 0. The number of rotatable bonds is 3. The topological polar surface area (TPSA) is 20.3 Å². The summed E-state index contributed by atoms with van der Waals surface area (Å²) < 4.78 is 13.7. The number of carbonyl (C=O) groups is 1. The Kier molecular flexibility index (Phi) is 5.09. The molecule has 0 aliphatic rings. The average molecular weight is 347 g/mol. The van der Waals surface area contributed by atoms with Gasteiger partial charge in [0.15, 0.2) is 0 Å². The van der Waals surface area contributed by atoms with E-state index in [9.17, 15) is 9.18 Å². The van der Waals surface area contributed by atoms with E-state index < -0.39 is 11.7 Å². The Hall–Kier alpha value is -1.29. The molecule has 0 spiro atoms. The van der Waals surface area contributed by atoms with Gasteiger partial charge in [0.25, 0.3) is 5.91 Å². The summed E-state index contributed by atoms with van der Waals surface area (Å²) in [5, 5.41) is 1.15. The minimum Gasteiger partial charge on any atom is -0.337 e. The van der Waals surface area contributed by atoms with Gasteiger partial charge >= 0.3 is 0 Å². The van der Waals surface area contributed by atoms with Crippen molar-refractivity contribution in [2.24, 2.45) is 0 Å². The summed E-state index contributed by atoms with van der Waals surface area (Å²) in [6.45, 7) is 0.279. The van der Waals surface area contributed by atoms with Crippen LogP contribution in [0.25, 0.3) is 0 Å². The van der Waals surface area contributed by atoms with Crippen LogP contribution < -0.4 is 0 Å². The molecular weight excluding hydrogens is 336 g/mol. The van der Waals surface area contributed by atoms with Crippen molar-refractivity contribution in [3.8, 4) is 0 Å². The lowest BCUT2D eigenvalue weighted by atomic mass is 10.1. The second-order valence-electron chi connectivity index (χ2n) is 4.53. The van der Waals surface area contributed by atoms with Crippen LogP contribution in [0.5, 0.6) is 0 Å². The minimum absolute atomic E-state index is 0.0648. The zero-order valence-corrected chi connectivity index (χ0v) is 13.3. The lowest BCUT2D eigenvalue weighted by molar-refractivity contribution is 0.0780. The predicted octanol–water partition coefficient (Wildman–Crippen LogP) is 5.06. The number of hydrogen-bond donors (Lipinski definition) is 0. The van der Waals surface area contributed by atoms with Crippen molar-refractivity contribution in [3.63, 3.8) is 0 Å². The van der Waals surface area contributed by atoms with E-state index in [4.69, 9.17) is 34.8 Å². The van der Waals surface area contributed by atoms with Crippen molar-refractivity contribution in [3.05, 3.63) is 68.4 Å². The largest absolute Gasteiger partial charge is 0.337 e. The van der Waals surface area contributed by atoms with Gasteiger partial charge in [-0.1, -0.05) is 40.9 Å². The maximum atomic E-state index is 13.7. The number of amides is 1. The van der Waals surface area contributed by atoms with Gasteiger partial charge < -0.3 is 4.90 Å². The monoisotopic (exact) mass is 345 g/mol. The Balaban J connectivity index is 2.19. The quantitative estimate of drug-likeness (QED) is 0.761. The van der Waals surface area contributed by atoms with E-state index >= 15 is 0 Å². The summed E-state index contributed by atoms with van der Waals surface area (Å²) in [6, 6.07) is 8.95. The molecule has 110 valence electrons. The van der Waals surface area contributed by atoms with E-state index in [0.717, 1.165) is 5.56 Å². The summed E-state index contributed by atoms with van der Waals surface area (Å²) in [5.41, 5.74) is 0.729. The van der Waals surface area contributed by atoms with Gasteiger partial charge in [-0.15, -0.1) is 0 Å². The highest BCUT2D eigenvalue weighted by Gasteiger charge is 2.17. The number of halogens is 4. The van der Waals surface area contributed by atoms with Crippen LogP contribution in [0.4, 0.5) is 4.39 Å². The number of benzene rings is 2. The molecule has 0 aromatic heterocycles. The molecule has 0 saturated heterocycles. The Morgan fingerprint density at radius 1 is 1.10 bits per heavy atom.